The van der Waals surface area contributed by atoms with Crippen LogP contribution in [-0.4, -0.2) is 10.2 Å². The maximum Gasteiger partial charge on any atom is 0.245 e. The monoisotopic (exact) mass is 202 g/mol. The molecule has 2 rings (SSSR count). The van der Waals surface area contributed by atoms with E-state index in [0.29, 0.717) is 17.0 Å². The summed E-state index contributed by atoms with van der Waals surface area (Å²) in [5.41, 5.74) is 1.25. The lowest BCUT2D eigenvalue weighted by atomic mass is 10.1. The van der Waals surface area contributed by atoms with Gasteiger partial charge in [0.15, 0.2) is 0 Å². The van der Waals surface area contributed by atoms with Gasteiger partial charge in [-0.3, -0.25) is 0 Å². The van der Waals surface area contributed by atoms with Gasteiger partial charge in [0.1, 0.15) is 0 Å². The molecule has 14 heavy (non-hydrogen) atoms. The van der Waals surface area contributed by atoms with Crippen LogP contribution in [0.3, 0.4) is 0 Å². The van der Waals surface area contributed by atoms with Gasteiger partial charge in [0, 0.05) is 5.56 Å². The summed E-state index contributed by atoms with van der Waals surface area (Å²) in [5.74, 6) is 0.340. The van der Waals surface area contributed by atoms with E-state index in [4.69, 9.17) is 9.68 Å². The molecule has 68 valence electrons. The van der Waals surface area contributed by atoms with Crippen molar-refractivity contribution >= 4 is 12.6 Å². The van der Waals surface area contributed by atoms with Gasteiger partial charge >= 0.3 is 0 Å². The summed E-state index contributed by atoms with van der Waals surface area (Å²) in [4.78, 5) is 0. The van der Waals surface area contributed by atoms with Crippen molar-refractivity contribution in [3.8, 4) is 17.5 Å². The van der Waals surface area contributed by atoms with Gasteiger partial charge in [-0.05, 0) is 18.2 Å². The van der Waals surface area contributed by atoms with E-state index >= 15 is 0 Å². The van der Waals surface area contributed by atoms with E-state index in [-0.39, 0.29) is 5.22 Å². The number of hydrogen-bond donors (Lipinski definition) is 0. The van der Waals surface area contributed by atoms with E-state index in [9.17, 15) is 0 Å². The summed E-state index contributed by atoms with van der Waals surface area (Å²) in [6.07, 6.45) is 0. The van der Waals surface area contributed by atoms with E-state index < -0.39 is 0 Å². The van der Waals surface area contributed by atoms with Crippen LogP contribution >= 0.6 is 0 Å². The fourth-order valence-corrected chi connectivity index (χ4v) is 1.17. The van der Waals surface area contributed by atoms with E-state index in [1.165, 1.54) is 0 Å². The van der Waals surface area contributed by atoms with Gasteiger partial charge in [-0.2, -0.15) is 5.26 Å². The van der Waals surface area contributed by atoms with Crippen molar-refractivity contribution in [3.63, 3.8) is 0 Å². The molecule has 0 aliphatic carbocycles. The lowest BCUT2D eigenvalue weighted by molar-refractivity contribution is 0.467. The molecule has 2 aromatic rings. The van der Waals surface area contributed by atoms with Crippen LogP contribution in [0, 0.1) is 11.3 Å². The highest BCUT2D eigenvalue weighted by Gasteiger charge is 2.03. The zero-order chi connectivity index (χ0) is 9.97. The molecule has 0 spiro atoms. The molecule has 1 aromatic heterocycles. The molecule has 0 aliphatic heterocycles. The standard InChI is InChI=1S/C9H5N3OS/c10-5-6-2-1-3-7(4-6)8-11-12-9(14)13-8/h1-4H,(H,12,14)/p-1. The summed E-state index contributed by atoms with van der Waals surface area (Å²) in [7, 11) is 0. The Kier molecular flexibility index (Phi) is 2.13. The first-order valence-electron chi connectivity index (χ1n) is 3.80. The van der Waals surface area contributed by atoms with E-state index in [1.807, 2.05) is 6.07 Å². The third-order valence-electron chi connectivity index (χ3n) is 1.65. The minimum Gasteiger partial charge on any atom is -0.719 e. The minimum absolute atomic E-state index is 0.0994. The van der Waals surface area contributed by atoms with Gasteiger partial charge in [0.25, 0.3) is 0 Å². The zero-order valence-corrected chi connectivity index (χ0v) is 7.78. The van der Waals surface area contributed by atoms with Crippen LogP contribution in [0.5, 0.6) is 0 Å². The molecule has 0 aliphatic rings. The maximum atomic E-state index is 8.68. The average molecular weight is 202 g/mol. The quantitative estimate of drug-likeness (QED) is 0.656. The van der Waals surface area contributed by atoms with Gasteiger partial charge < -0.3 is 17.0 Å². The molecule has 0 radical (unpaired) electrons. The first kappa shape index (κ1) is 8.66. The Balaban J connectivity index is 2.47. The molecule has 1 aromatic carbocycles. The van der Waals surface area contributed by atoms with Gasteiger partial charge in [-0.25, -0.2) is 0 Å². The average Bonchev–Trinajstić information content (AvgIpc) is 2.65. The molecule has 0 bridgehead atoms. The normalized spacial score (nSPS) is 9.64. The van der Waals surface area contributed by atoms with Crippen molar-refractivity contribution in [2.75, 3.05) is 0 Å². The van der Waals surface area contributed by atoms with Gasteiger partial charge in [0.05, 0.1) is 16.9 Å². The topological polar surface area (TPSA) is 62.7 Å². The first-order valence-corrected chi connectivity index (χ1v) is 4.21. The number of nitrogens with zero attached hydrogens (tertiary/aromatic N) is 3. The second-order valence-electron chi connectivity index (χ2n) is 2.57. The largest absolute Gasteiger partial charge is 0.719 e. The zero-order valence-electron chi connectivity index (χ0n) is 6.97. The minimum atomic E-state index is 0.0994. The SMILES string of the molecule is N#Cc1cccc(-c2nnc([S-])o2)c1. The van der Waals surface area contributed by atoms with Gasteiger partial charge in [-0.15, -0.1) is 10.2 Å². The van der Waals surface area contributed by atoms with Crippen molar-refractivity contribution in [1.29, 1.82) is 5.26 Å². The van der Waals surface area contributed by atoms with E-state index in [0.717, 1.165) is 0 Å². The molecular weight excluding hydrogens is 198 g/mol. The van der Waals surface area contributed by atoms with Crippen LogP contribution < -0.4 is 0 Å². The first-order chi connectivity index (χ1) is 6.79. The Labute approximate surface area is 85.6 Å². The number of benzene rings is 1. The summed E-state index contributed by atoms with van der Waals surface area (Å²) < 4.78 is 5.05. The smallest absolute Gasteiger partial charge is 0.245 e. The number of hydrogen-bond acceptors (Lipinski definition) is 5. The predicted octanol–water partition coefficient (Wildman–Crippen LogP) is 1.51. The molecule has 0 N–H and O–H groups in total. The fraction of sp³-hybridized carbons (Fsp3) is 0. The molecule has 4 nitrogen and oxygen atoms in total. The summed E-state index contributed by atoms with van der Waals surface area (Å²) in [5, 5.41) is 16.1. The van der Waals surface area contributed by atoms with Crippen LogP contribution in [0.1, 0.15) is 5.56 Å². The van der Waals surface area contributed by atoms with E-state index in [2.05, 4.69) is 22.8 Å². The summed E-state index contributed by atoms with van der Waals surface area (Å²) in [6, 6.07) is 8.93. The number of nitriles is 1. The highest BCUT2D eigenvalue weighted by atomic mass is 32.1. The molecule has 0 atom stereocenters. The lowest BCUT2D eigenvalue weighted by Gasteiger charge is -1.95. The molecule has 0 amide bonds. The third-order valence-corrected chi connectivity index (χ3v) is 1.81. The van der Waals surface area contributed by atoms with Crippen LogP contribution in [0.15, 0.2) is 33.9 Å². The van der Waals surface area contributed by atoms with Crippen LogP contribution in [0.2, 0.25) is 0 Å². The Morgan fingerprint density at radius 2 is 2.21 bits per heavy atom. The van der Waals surface area contributed by atoms with Crippen LogP contribution in [0.25, 0.3) is 11.5 Å². The van der Waals surface area contributed by atoms with Crippen LogP contribution in [0.4, 0.5) is 0 Å². The van der Waals surface area contributed by atoms with Gasteiger partial charge in [0.2, 0.25) is 5.89 Å². The Morgan fingerprint density at radius 3 is 2.86 bits per heavy atom. The van der Waals surface area contributed by atoms with Crippen molar-refractivity contribution in [3.05, 3.63) is 29.8 Å². The van der Waals surface area contributed by atoms with Gasteiger partial charge in [-0.1, -0.05) is 6.07 Å². The fourth-order valence-electron chi connectivity index (χ4n) is 1.05. The second kappa shape index (κ2) is 3.44. The summed E-state index contributed by atoms with van der Waals surface area (Å²) in [6.45, 7) is 0. The summed E-state index contributed by atoms with van der Waals surface area (Å²) >= 11 is 4.69. The van der Waals surface area contributed by atoms with Crippen LogP contribution in [-0.2, 0) is 12.6 Å². The molecule has 0 unspecified atom stereocenters. The highest BCUT2D eigenvalue weighted by molar-refractivity contribution is 7.58. The number of rotatable bonds is 1. The Morgan fingerprint density at radius 1 is 1.36 bits per heavy atom. The highest BCUT2D eigenvalue weighted by Crippen LogP contribution is 2.18. The Hall–Kier alpha value is -1.93. The third kappa shape index (κ3) is 1.56. The Bertz CT molecular complexity index is 501. The molecular formula is C9H4N3OS-. The molecule has 5 heteroatoms. The van der Waals surface area contributed by atoms with Crippen molar-refractivity contribution in [1.82, 2.24) is 10.2 Å². The molecule has 0 fully saturated rings. The molecule has 1 heterocycles. The van der Waals surface area contributed by atoms with E-state index in [1.54, 1.807) is 24.3 Å². The lowest BCUT2D eigenvalue weighted by Crippen LogP contribution is -1.79. The van der Waals surface area contributed by atoms with Crippen molar-refractivity contribution in [2.45, 2.75) is 5.22 Å². The maximum absolute atomic E-state index is 8.68. The van der Waals surface area contributed by atoms with Crippen molar-refractivity contribution in [2.24, 2.45) is 0 Å². The number of aromatic nitrogens is 2. The predicted molar refractivity (Wildman–Crippen MR) is 50.1 cm³/mol. The second-order valence-corrected chi connectivity index (χ2v) is 2.91. The van der Waals surface area contributed by atoms with Crippen molar-refractivity contribution < 1.29 is 4.42 Å². The molecule has 0 saturated heterocycles. The molecule has 0 saturated carbocycles.